The van der Waals surface area contributed by atoms with Crippen molar-refractivity contribution in [3.63, 3.8) is 0 Å². The quantitative estimate of drug-likeness (QED) is 0.158. The summed E-state index contributed by atoms with van der Waals surface area (Å²) >= 11 is 1.82. The molecule has 5 aliphatic rings. The molecule has 0 radical (unpaired) electrons. The second-order valence-corrected chi connectivity index (χ2v) is 20.0. The van der Waals surface area contributed by atoms with Gasteiger partial charge in [0.2, 0.25) is 0 Å². The van der Waals surface area contributed by atoms with E-state index in [9.17, 15) is 0 Å². The monoisotopic (exact) mass is 806 g/mol. The Labute approximate surface area is 354 Å². The molecule has 0 aromatic heterocycles. The summed E-state index contributed by atoms with van der Waals surface area (Å²) in [5.74, 6) is 1.80. The first-order chi connectivity index (χ1) is 28.4. The zero-order valence-electron chi connectivity index (χ0n) is 35.9. The molecule has 0 N–H and O–H groups in total. The molecule has 3 fully saturated rings. The van der Waals surface area contributed by atoms with Gasteiger partial charge < -0.3 is 28.7 Å². The summed E-state index contributed by atoms with van der Waals surface area (Å²) in [7, 11) is 1.73. The lowest BCUT2D eigenvalue weighted by Gasteiger charge is -2.52. The summed E-state index contributed by atoms with van der Waals surface area (Å²) in [6, 6.07) is 29.8. The lowest BCUT2D eigenvalue weighted by molar-refractivity contribution is 0.0641. The van der Waals surface area contributed by atoms with Gasteiger partial charge in [0.05, 0.1) is 39.2 Å². The van der Waals surface area contributed by atoms with E-state index < -0.39 is 5.60 Å². The zero-order chi connectivity index (χ0) is 40.7. The van der Waals surface area contributed by atoms with E-state index in [1.165, 1.54) is 66.8 Å². The number of benzene rings is 5. The molecule has 3 heterocycles. The molecule has 1 atom stereocenters. The van der Waals surface area contributed by atoms with E-state index in [-0.39, 0.29) is 16.2 Å². The van der Waals surface area contributed by atoms with E-state index in [1.54, 1.807) is 7.11 Å². The molecule has 7 heteroatoms. The van der Waals surface area contributed by atoms with Crippen LogP contribution in [0.3, 0.4) is 0 Å². The minimum Gasteiger partial charge on any atom is -0.497 e. The van der Waals surface area contributed by atoms with Crippen molar-refractivity contribution in [2.75, 3.05) is 75.8 Å². The van der Waals surface area contributed by atoms with Crippen molar-refractivity contribution in [2.24, 2.45) is 10.8 Å². The maximum atomic E-state index is 7.93. The minimum atomic E-state index is -0.882. The molecular weight excluding hydrogens is 749 g/mol. The van der Waals surface area contributed by atoms with E-state index in [2.05, 4.69) is 142 Å². The molecule has 3 aliphatic heterocycles. The normalized spacial score (nSPS) is 22.5. The van der Waals surface area contributed by atoms with Gasteiger partial charge in [-0.1, -0.05) is 81.8 Å². The Hall–Kier alpha value is -4.43. The average molecular weight is 807 g/mol. The Morgan fingerprint density at radius 2 is 1.32 bits per heavy atom. The fourth-order valence-electron chi connectivity index (χ4n) is 12.1. The van der Waals surface area contributed by atoms with Crippen LogP contribution in [0.15, 0.2) is 89.8 Å². The molecule has 1 unspecified atom stereocenters. The Morgan fingerprint density at radius 3 is 1.95 bits per heavy atom. The van der Waals surface area contributed by atoms with Crippen LogP contribution in [0.5, 0.6) is 11.5 Å². The molecule has 6 nitrogen and oxygen atoms in total. The first-order valence-electron chi connectivity index (χ1n) is 21.6. The molecule has 2 aliphatic carbocycles. The summed E-state index contributed by atoms with van der Waals surface area (Å²) in [6.07, 6.45) is 10.4. The predicted octanol–water partition coefficient (Wildman–Crippen LogP) is 11.4. The van der Waals surface area contributed by atoms with E-state index in [0.29, 0.717) is 0 Å². The van der Waals surface area contributed by atoms with Crippen LogP contribution in [0.4, 0.5) is 11.4 Å². The van der Waals surface area contributed by atoms with Crippen molar-refractivity contribution >= 4 is 40.0 Å². The van der Waals surface area contributed by atoms with Gasteiger partial charge in [0.25, 0.3) is 0 Å². The molecule has 59 heavy (non-hydrogen) atoms. The minimum absolute atomic E-state index is 0.141. The number of nitrogens with zero attached hydrogens (tertiary/aromatic N) is 2. The Bertz CT molecular complexity index is 2440. The van der Waals surface area contributed by atoms with Crippen LogP contribution in [-0.2, 0) is 20.5 Å². The van der Waals surface area contributed by atoms with Gasteiger partial charge in [-0.25, -0.2) is 0 Å². The molecular formula is C52H58N2O4S. The van der Waals surface area contributed by atoms with Gasteiger partial charge in [0, 0.05) is 64.3 Å². The van der Waals surface area contributed by atoms with E-state index in [1.807, 2.05) is 11.8 Å². The van der Waals surface area contributed by atoms with Crippen LogP contribution < -0.4 is 19.3 Å². The molecule has 5 aromatic rings. The Kier molecular flexibility index (Phi) is 9.43. The predicted molar refractivity (Wildman–Crippen MR) is 244 cm³/mol. The van der Waals surface area contributed by atoms with E-state index >= 15 is 0 Å². The molecule has 10 rings (SSSR count). The molecule has 0 amide bonds. The number of fused-ring (bicyclic) bond motifs is 10. The molecule has 5 aromatic carbocycles. The van der Waals surface area contributed by atoms with Gasteiger partial charge in [0.15, 0.2) is 5.60 Å². The first-order valence-corrected chi connectivity index (χ1v) is 22.8. The zero-order valence-corrected chi connectivity index (χ0v) is 36.7. The fourth-order valence-corrected chi connectivity index (χ4v) is 12.7. The van der Waals surface area contributed by atoms with E-state index in [4.69, 9.17) is 18.9 Å². The van der Waals surface area contributed by atoms with Crippen molar-refractivity contribution < 1.29 is 18.9 Å². The van der Waals surface area contributed by atoms with Crippen LogP contribution in [0.25, 0.3) is 28.0 Å². The van der Waals surface area contributed by atoms with Crippen molar-refractivity contribution in [2.45, 2.75) is 69.8 Å². The largest absolute Gasteiger partial charge is 0.497 e. The van der Waals surface area contributed by atoms with Gasteiger partial charge in [-0.2, -0.15) is 0 Å². The topological polar surface area (TPSA) is 43.4 Å². The first kappa shape index (κ1) is 38.8. The van der Waals surface area contributed by atoms with Gasteiger partial charge >= 0.3 is 0 Å². The molecule has 2 saturated heterocycles. The smallest absolute Gasteiger partial charge is 0.178 e. The lowest BCUT2D eigenvalue weighted by atomic mass is 9.52. The van der Waals surface area contributed by atoms with Crippen molar-refractivity contribution in [3.8, 4) is 22.6 Å². The highest BCUT2D eigenvalue weighted by Crippen LogP contribution is 2.67. The number of ether oxygens (including phenoxy) is 4. The van der Waals surface area contributed by atoms with Gasteiger partial charge in [-0.3, -0.25) is 0 Å². The SMILES string of the molecule is COc1ccc(C2(c3ccc(N4CCOCC4)cc3)C=Cc3c4c(c5cc(N6CCOCC6)c(SC)cc5c3O2)-c2ccc(C)cc2C42CC(C)(C)CC(C)(C)C2)cc1. The second-order valence-electron chi connectivity index (χ2n) is 19.2. The lowest BCUT2D eigenvalue weighted by Crippen LogP contribution is -2.44. The number of thioether (sulfide) groups is 1. The molecule has 1 spiro atoms. The number of anilines is 2. The van der Waals surface area contributed by atoms with Gasteiger partial charge in [-0.15, -0.1) is 11.8 Å². The fraction of sp³-hybridized carbons (Fsp3) is 0.423. The third kappa shape index (κ3) is 6.37. The number of aryl methyl sites for hydroxylation is 1. The van der Waals surface area contributed by atoms with Crippen LogP contribution in [0.1, 0.15) is 80.3 Å². The standard InChI is InChI=1S/C52H58N2O4S/c1-34-8-17-39-43(28-34)51(32-49(2,3)31-50(4,5)33-51)47-40-18-19-52(36-11-15-38(55-6)16-12-36,35-9-13-37(14-10-35)53-20-24-56-25-21-53)58-48(40)42-30-45(59-7)44(29-41(42)46(39)47)54-22-26-57-27-23-54/h8-19,28-30H,20-27,31-33H2,1-7H3. The summed E-state index contributed by atoms with van der Waals surface area (Å²) < 4.78 is 25.2. The highest BCUT2D eigenvalue weighted by atomic mass is 32.2. The van der Waals surface area contributed by atoms with Crippen LogP contribution in [0, 0.1) is 17.8 Å². The highest BCUT2D eigenvalue weighted by Gasteiger charge is 2.55. The summed E-state index contributed by atoms with van der Waals surface area (Å²) in [5, 5.41) is 2.45. The summed E-state index contributed by atoms with van der Waals surface area (Å²) in [6.45, 7) is 18.8. The maximum Gasteiger partial charge on any atom is 0.178 e. The van der Waals surface area contributed by atoms with Crippen LogP contribution >= 0.6 is 11.8 Å². The summed E-state index contributed by atoms with van der Waals surface area (Å²) in [5.41, 5.74) is 12.2. The third-order valence-electron chi connectivity index (χ3n) is 13.8. The number of morpholine rings is 2. The number of rotatable bonds is 6. The Balaban J connectivity index is 1.27. The molecule has 0 bridgehead atoms. The Morgan fingerprint density at radius 1 is 0.695 bits per heavy atom. The highest BCUT2D eigenvalue weighted by molar-refractivity contribution is 7.98. The maximum absolute atomic E-state index is 7.93. The number of hydrogen-bond donors (Lipinski definition) is 0. The summed E-state index contributed by atoms with van der Waals surface area (Å²) in [4.78, 5) is 6.22. The van der Waals surface area contributed by atoms with Gasteiger partial charge in [0.1, 0.15) is 11.5 Å². The second kappa shape index (κ2) is 14.4. The van der Waals surface area contributed by atoms with E-state index in [0.717, 1.165) is 88.1 Å². The molecule has 306 valence electrons. The number of methoxy groups -OCH3 is 1. The third-order valence-corrected chi connectivity index (χ3v) is 14.6. The van der Waals surface area contributed by atoms with Crippen LogP contribution in [-0.4, -0.2) is 66.0 Å². The van der Waals surface area contributed by atoms with Gasteiger partial charge in [-0.05, 0) is 113 Å². The van der Waals surface area contributed by atoms with Crippen molar-refractivity contribution in [3.05, 3.63) is 118 Å². The van der Waals surface area contributed by atoms with Crippen molar-refractivity contribution in [1.82, 2.24) is 0 Å². The van der Waals surface area contributed by atoms with Crippen molar-refractivity contribution in [1.29, 1.82) is 0 Å². The molecule has 1 saturated carbocycles. The number of hydrogen-bond acceptors (Lipinski definition) is 7. The average Bonchev–Trinajstić information content (AvgIpc) is 3.49. The van der Waals surface area contributed by atoms with Crippen LogP contribution in [0.2, 0.25) is 0 Å².